The van der Waals surface area contributed by atoms with Crippen LogP contribution in [0.25, 0.3) is 10.8 Å². The number of methoxy groups -OCH3 is 1. The van der Waals surface area contributed by atoms with Gasteiger partial charge in [0.2, 0.25) is 0 Å². The smallest absolute Gasteiger partial charge is 0.133 e. The predicted octanol–water partition coefficient (Wildman–Crippen LogP) is 4.34. The number of anilines is 1. The minimum atomic E-state index is 0.287. The van der Waals surface area contributed by atoms with Gasteiger partial charge in [-0.05, 0) is 34.9 Å². The molecular formula is C17H24N2O. The molecular weight excluding hydrogens is 248 g/mol. The highest BCUT2D eigenvalue weighted by molar-refractivity contribution is 5.92. The van der Waals surface area contributed by atoms with Crippen molar-refractivity contribution in [3.8, 4) is 5.75 Å². The Morgan fingerprint density at radius 3 is 2.65 bits per heavy atom. The molecule has 1 unspecified atom stereocenters. The highest BCUT2D eigenvalue weighted by Gasteiger charge is 2.19. The van der Waals surface area contributed by atoms with E-state index in [1.165, 1.54) is 5.39 Å². The molecule has 2 rings (SSSR count). The van der Waals surface area contributed by atoms with Gasteiger partial charge in [-0.1, -0.05) is 33.8 Å². The van der Waals surface area contributed by atoms with Crippen molar-refractivity contribution in [1.29, 1.82) is 0 Å². The van der Waals surface area contributed by atoms with E-state index in [0.717, 1.165) is 23.5 Å². The summed E-state index contributed by atoms with van der Waals surface area (Å²) in [6, 6.07) is 8.09. The van der Waals surface area contributed by atoms with E-state index in [4.69, 9.17) is 4.74 Å². The maximum Gasteiger partial charge on any atom is 0.133 e. The van der Waals surface area contributed by atoms with Crippen LogP contribution < -0.4 is 10.1 Å². The summed E-state index contributed by atoms with van der Waals surface area (Å²) in [5.74, 6) is 2.35. The Bertz CT molecular complexity index is 587. The molecule has 0 aliphatic rings. The third-order valence-electron chi connectivity index (χ3n) is 4.03. The van der Waals surface area contributed by atoms with Gasteiger partial charge in [0.05, 0.1) is 7.11 Å². The standard InChI is InChI=1S/C17H24N2O/c1-12(17(2,3)4)11-19-16-15-10-14(20-5)7-6-13(15)8-9-18-16/h6-10,12H,11H2,1-5H3,(H,18,19). The zero-order valence-corrected chi connectivity index (χ0v) is 13.0. The third-order valence-corrected chi connectivity index (χ3v) is 4.03. The summed E-state index contributed by atoms with van der Waals surface area (Å²) in [5.41, 5.74) is 0.287. The molecule has 1 aromatic heterocycles. The molecule has 1 atom stereocenters. The number of pyridine rings is 1. The minimum absolute atomic E-state index is 0.287. The largest absolute Gasteiger partial charge is 0.497 e. The fourth-order valence-corrected chi connectivity index (χ4v) is 1.97. The maximum absolute atomic E-state index is 5.30. The molecule has 0 radical (unpaired) electrons. The van der Waals surface area contributed by atoms with Crippen LogP contribution in [-0.2, 0) is 0 Å². The number of hydrogen-bond acceptors (Lipinski definition) is 3. The quantitative estimate of drug-likeness (QED) is 0.899. The zero-order valence-electron chi connectivity index (χ0n) is 13.0. The lowest BCUT2D eigenvalue weighted by atomic mass is 9.82. The molecule has 20 heavy (non-hydrogen) atoms. The van der Waals surface area contributed by atoms with Crippen LogP contribution in [0, 0.1) is 11.3 Å². The van der Waals surface area contributed by atoms with Gasteiger partial charge in [-0.2, -0.15) is 0 Å². The van der Waals surface area contributed by atoms with Gasteiger partial charge < -0.3 is 10.1 Å². The number of hydrogen-bond donors (Lipinski definition) is 1. The highest BCUT2D eigenvalue weighted by Crippen LogP contribution is 2.28. The predicted molar refractivity (Wildman–Crippen MR) is 85.4 cm³/mol. The van der Waals surface area contributed by atoms with Gasteiger partial charge in [-0.25, -0.2) is 4.98 Å². The van der Waals surface area contributed by atoms with Crippen molar-refractivity contribution >= 4 is 16.6 Å². The van der Waals surface area contributed by atoms with E-state index < -0.39 is 0 Å². The van der Waals surface area contributed by atoms with Crippen molar-refractivity contribution in [3.05, 3.63) is 30.5 Å². The Kier molecular flexibility index (Phi) is 4.17. The van der Waals surface area contributed by atoms with Gasteiger partial charge in [0, 0.05) is 18.1 Å². The summed E-state index contributed by atoms with van der Waals surface area (Å²) in [4.78, 5) is 4.47. The zero-order chi connectivity index (χ0) is 14.8. The van der Waals surface area contributed by atoms with E-state index in [0.29, 0.717) is 5.92 Å². The number of nitrogens with zero attached hydrogens (tertiary/aromatic N) is 1. The Hall–Kier alpha value is -1.77. The van der Waals surface area contributed by atoms with Gasteiger partial charge in [-0.15, -0.1) is 0 Å². The number of fused-ring (bicyclic) bond motifs is 1. The molecule has 0 spiro atoms. The summed E-state index contributed by atoms with van der Waals surface area (Å²) in [5, 5.41) is 5.76. The molecule has 1 N–H and O–H groups in total. The van der Waals surface area contributed by atoms with E-state index in [9.17, 15) is 0 Å². The maximum atomic E-state index is 5.30. The molecule has 0 bridgehead atoms. The molecule has 0 amide bonds. The van der Waals surface area contributed by atoms with Crippen molar-refractivity contribution in [2.24, 2.45) is 11.3 Å². The number of benzene rings is 1. The molecule has 108 valence electrons. The summed E-state index contributed by atoms with van der Waals surface area (Å²) in [7, 11) is 1.69. The summed E-state index contributed by atoms with van der Waals surface area (Å²) in [6.45, 7) is 9.96. The molecule has 2 aromatic rings. The average Bonchev–Trinajstić information content (AvgIpc) is 2.43. The number of nitrogens with one attached hydrogen (secondary N) is 1. The van der Waals surface area contributed by atoms with Gasteiger partial charge in [0.25, 0.3) is 0 Å². The van der Waals surface area contributed by atoms with Crippen LogP contribution in [0.1, 0.15) is 27.7 Å². The van der Waals surface area contributed by atoms with Crippen LogP contribution >= 0.6 is 0 Å². The first-order chi connectivity index (χ1) is 9.41. The van der Waals surface area contributed by atoms with Crippen molar-refractivity contribution in [3.63, 3.8) is 0 Å². The fourth-order valence-electron chi connectivity index (χ4n) is 1.97. The molecule has 0 saturated carbocycles. The first kappa shape index (κ1) is 14.6. The normalized spacial score (nSPS) is 13.2. The summed E-state index contributed by atoms with van der Waals surface area (Å²) in [6.07, 6.45) is 1.85. The third kappa shape index (κ3) is 3.21. The van der Waals surface area contributed by atoms with E-state index in [-0.39, 0.29) is 5.41 Å². The number of rotatable bonds is 4. The van der Waals surface area contributed by atoms with Gasteiger partial charge in [-0.3, -0.25) is 0 Å². The van der Waals surface area contributed by atoms with Crippen molar-refractivity contribution in [2.75, 3.05) is 19.0 Å². The highest BCUT2D eigenvalue weighted by atomic mass is 16.5. The van der Waals surface area contributed by atoms with Gasteiger partial charge in [0.1, 0.15) is 11.6 Å². The minimum Gasteiger partial charge on any atom is -0.497 e. The number of ether oxygens (including phenoxy) is 1. The Balaban J connectivity index is 2.25. The molecule has 1 aromatic carbocycles. The van der Waals surface area contributed by atoms with E-state index in [2.05, 4.69) is 44.1 Å². The van der Waals surface area contributed by atoms with Gasteiger partial charge >= 0.3 is 0 Å². The SMILES string of the molecule is COc1ccc2ccnc(NCC(C)C(C)(C)C)c2c1. The van der Waals surface area contributed by atoms with Crippen molar-refractivity contribution in [2.45, 2.75) is 27.7 Å². The van der Waals surface area contributed by atoms with Crippen LogP contribution in [0.15, 0.2) is 30.5 Å². The van der Waals surface area contributed by atoms with E-state index in [1.807, 2.05) is 24.4 Å². The van der Waals surface area contributed by atoms with Crippen molar-refractivity contribution < 1.29 is 4.74 Å². The second-order valence-corrected chi connectivity index (χ2v) is 6.39. The Morgan fingerprint density at radius 1 is 1.25 bits per heavy atom. The molecule has 0 saturated heterocycles. The number of aromatic nitrogens is 1. The Morgan fingerprint density at radius 2 is 2.00 bits per heavy atom. The van der Waals surface area contributed by atoms with Crippen LogP contribution in [0.2, 0.25) is 0 Å². The van der Waals surface area contributed by atoms with Crippen molar-refractivity contribution in [1.82, 2.24) is 4.98 Å². The van der Waals surface area contributed by atoms with E-state index >= 15 is 0 Å². The molecule has 0 aliphatic carbocycles. The lowest BCUT2D eigenvalue weighted by Crippen LogP contribution is -2.25. The molecule has 0 fully saturated rings. The first-order valence-electron chi connectivity index (χ1n) is 7.08. The second-order valence-electron chi connectivity index (χ2n) is 6.39. The average molecular weight is 272 g/mol. The lowest BCUT2D eigenvalue weighted by molar-refractivity contribution is 0.274. The summed E-state index contributed by atoms with van der Waals surface area (Å²) < 4.78 is 5.30. The Labute approximate surface area is 121 Å². The van der Waals surface area contributed by atoms with Crippen LogP contribution in [0.4, 0.5) is 5.82 Å². The van der Waals surface area contributed by atoms with Gasteiger partial charge in [0.15, 0.2) is 0 Å². The summed E-state index contributed by atoms with van der Waals surface area (Å²) >= 11 is 0. The topological polar surface area (TPSA) is 34.1 Å². The lowest BCUT2D eigenvalue weighted by Gasteiger charge is -2.27. The monoisotopic (exact) mass is 272 g/mol. The molecule has 3 heteroatoms. The first-order valence-corrected chi connectivity index (χ1v) is 7.08. The second kappa shape index (κ2) is 5.70. The fraction of sp³-hybridized carbons (Fsp3) is 0.471. The molecule has 0 aliphatic heterocycles. The molecule has 1 heterocycles. The van der Waals surface area contributed by atoms with E-state index in [1.54, 1.807) is 7.11 Å². The van der Waals surface area contributed by atoms with Crippen LogP contribution in [-0.4, -0.2) is 18.6 Å². The molecule has 3 nitrogen and oxygen atoms in total. The van der Waals surface area contributed by atoms with Crippen LogP contribution in [0.3, 0.4) is 0 Å². The van der Waals surface area contributed by atoms with Crippen LogP contribution in [0.5, 0.6) is 5.75 Å².